The fourth-order valence-electron chi connectivity index (χ4n) is 0.927. The van der Waals surface area contributed by atoms with Gasteiger partial charge in [-0.3, -0.25) is 0 Å². The maximum absolute atomic E-state index is 5.32. The summed E-state index contributed by atoms with van der Waals surface area (Å²) < 4.78 is 5.32. The third-order valence-electron chi connectivity index (χ3n) is 1.54. The molecule has 2 heteroatoms. The second kappa shape index (κ2) is 2.74. The van der Waals surface area contributed by atoms with E-state index in [0.717, 1.165) is 11.2 Å². The van der Waals surface area contributed by atoms with Crippen molar-refractivity contribution in [3.05, 3.63) is 0 Å². The molecule has 1 rings (SSSR count). The van der Waals surface area contributed by atoms with E-state index in [1.54, 1.807) is 0 Å². The number of rotatable bonds is 1. The molecule has 0 aromatic heterocycles. The fourth-order valence-corrected chi connectivity index (χ4v) is 1.98. The van der Waals surface area contributed by atoms with Crippen molar-refractivity contribution in [3.8, 4) is 0 Å². The molecule has 8 heavy (non-hydrogen) atoms. The molecule has 0 saturated carbocycles. The lowest BCUT2D eigenvalue weighted by molar-refractivity contribution is 0.121. The molecular formula is C6H12OS. The second-order valence-corrected chi connectivity index (χ2v) is 3.28. The summed E-state index contributed by atoms with van der Waals surface area (Å²) in [5, 5.41) is 0.759. The zero-order chi connectivity index (χ0) is 5.98. The van der Waals surface area contributed by atoms with Gasteiger partial charge in [0.25, 0.3) is 0 Å². The van der Waals surface area contributed by atoms with Crippen LogP contribution in [0.2, 0.25) is 0 Å². The predicted molar refractivity (Wildman–Crippen MR) is 37.1 cm³/mol. The fraction of sp³-hybridized carbons (Fsp3) is 1.00. The van der Waals surface area contributed by atoms with Crippen LogP contribution in [0, 0.1) is 0 Å². The lowest BCUT2D eigenvalue weighted by atomic mass is 10.2. The molecule has 0 aromatic rings. The largest absolute Gasteiger partial charge is 0.367 e. The summed E-state index contributed by atoms with van der Waals surface area (Å²) in [5.41, 5.74) is 0. The molecule has 1 aliphatic heterocycles. The first-order valence-electron chi connectivity index (χ1n) is 3.07. The molecule has 0 bridgehead atoms. The molecule has 2 atom stereocenters. The summed E-state index contributed by atoms with van der Waals surface area (Å²) in [6, 6.07) is 0. The molecule has 1 aliphatic rings. The van der Waals surface area contributed by atoms with E-state index in [0.29, 0.717) is 6.10 Å². The van der Waals surface area contributed by atoms with E-state index in [-0.39, 0.29) is 0 Å². The quantitative estimate of drug-likeness (QED) is 0.538. The summed E-state index contributed by atoms with van der Waals surface area (Å²) in [6.07, 6.45) is 1.73. The maximum atomic E-state index is 5.32. The highest BCUT2D eigenvalue weighted by atomic mass is 32.2. The Kier molecular flexibility index (Phi) is 2.20. The summed E-state index contributed by atoms with van der Waals surface area (Å²) in [6.45, 7) is 4.36. The SMILES string of the molecule is CCC1SCOC1C. The van der Waals surface area contributed by atoms with Crippen LogP contribution in [-0.2, 0) is 4.74 Å². The molecule has 0 aromatic carbocycles. The zero-order valence-corrected chi connectivity index (χ0v) is 6.20. The lowest BCUT2D eigenvalue weighted by Gasteiger charge is -2.07. The van der Waals surface area contributed by atoms with Crippen molar-refractivity contribution in [2.75, 3.05) is 5.94 Å². The van der Waals surface area contributed by atoms with Gasteiger partial charge in [0.15, 0.2) is 0 Å². The number of hydrogen-bond donors (Lipinski definition) is 0. The van der Waals surface area contributed by atoms with Gasteiger partial charge in [-0.15, -0.1) is 11.8 Å². The summed E-state index contributed by atoms with van der Waals surface area (Å²) in [7, 11) is 0. The topological polar surface area (TPSA) is 9.23 Å². The molecule has 0 amide bonds. The van der Waals surface area contributed by atoms with Crippen molar-refractivity contribution in [3.63, 3.8) is 0 Å². The molecule has 0 aliphatic carbocycles. The van der Waals surface area contributed by atoms with Gasteiger partial charge in [-0.05, 0) is 13.3 Å². The molecule has 0 spiro atoms. The minimum Gasteiger partial charge on any atom is -0.367 e. The van der Waals surface area contributed by atoms with Crippen LogP contribution >= 0.6 is 11.8 Å². The average Bonchev–Trinajstić information content (AvgIpc) is 2.14. The van der Waals surface area contributed by atoms with Crippen LogP contribution in [0.25, 0.3) is 0 Å². The van der Waals surface area contributed by atoms with Crippen molar-refractivity contribution >= 4 is 11.8 Å². The van der Waals surface area contributed by atoms with E-state index in [1.165, 1.54) is 6.42 Å². The molecular weight excluding hydrogens is 120 g/mol. The Hall–Kier alpha value is 0.310. The smallest absolute Gasteiger partial charge is 0.0928 e. The maximum Gasteiger partial charge on any atom is 0.0928 e. The van der Waals surface area contributed by atoms with Gasteiger partial charge in [0.2, 0.25) is 0 Å². The van der Waals surface area contributed by atoms with Crippen molar-refractivity contribution < 1.29 is 4.74 Å². The minimum atomic E-state index is 0.491. The summed E-state index contributed by atoms with van der Waals surface area (Å²) in [5.74, 6) is 0.902. The first-order chi connectivity index (χ1) is 3.84. The third-order valence-corrected chi connectivity index (χ3v) is 2.96. The summed E-state index contributed by atoms with van der Waals surface area (Å²) in [4.78, 5) is 0. The van der Waals surface area contributed by atoms with Crippen molar-refractivity contribution in [1.29, 1.82) is 0 Å². The number of ether oxygens (including phenoxy) is 1. The Labute approximate surface area is 54.8 Å². The predicted octanol–water partition coefficient (Wildman–Crippen LogP) is 1.87. The van der Waals surface area contributed by atoms with Crippen molar-refractivity contribution in [1.82, 2.24) is 0 Å². The van der Waals surface area contributed by atoms with Gasteiger partial charge in [-0.2, -0.15) is 0 Å². The molecule has 0 radical (unpaired) electrons. The highest BCUT2D eigenvalue weighted by Gasteiger charge is 2.22. The lowest BCUT2D eigenvalue weighted by Crippen LogP contribution is -2.13. The minimum absolute atomic E-state index is 0.491. The monoisotopic (exact) mass is 132 g/mol. The molecule has 2 unspecified atom stereocenters. The van der Waals surface area contributed by atoms with Crippen molar-refractivity contribution in [2.45, 2.75) is 31.6 Å². The van der Waals surface area contributed by atoms with Gasteiger partial charge < -0.3 is 4.74 Å². The van der Waals surface area contributed by atoms with Crippen LogP contribution < -0.4 is 0 Å². The van der Waals surface area contributed by atoms with E-state index in [2.05, 4.69) is 13.8 Å². The first-order valence-corrected chi connectivity index (χ1v) is 4.12. The number of hydrogen-bond acceptors (Lipinski definition) is 2. The standard InChI is InChI=1S/C6H12OS/c1-3-6-5(2)7-4-8-6/h5-6H,3-4H2,1-2H3. The second-order valence-electron chi connectivity index (χ2n) is 2.10. The van der Waals surface area contributed by atoms with Gasteiger partial charge >= 0.3 is 0 Å². The highest BCUT2D eigenvalue weighted by molar-refractivity contribution is 8.00. The van der Waals surface area contributed by atoms with Crippen LogP contribution in [0.15, 0.2) is 0 Å². The molecule has 1 nitrogen and oxygen atoms in total. The van der Waals surface area contributed by atoms with Crippen LogP contribution in [0.4, 0.5) is 0 Å². The van der Waals surface area contributed by atoms with Gasteiger partial charge in [0.1, 0.15) is 0 Å². The number of thioether (sulfide) groups is 1. The Morgan fingerprint density at radius 2 is 2.50 bits per heavy atom. The average molecular weight is 132 g/mol. The molecule has 1 heterocycles. The van der Waals surface area contributed by atoms with Crippen LogP contribution in [0.5, 0.6) is 0 Å². The molecule has 0 N–H and O–H groups in total. The Balaban J connectivity index is 2.30. The van der Waals surface area contributed by atoms with Crippen LogP contribution in [0.1, 0.15) is 20.3 Å². The van der Waals surface area contributed by atoms with Gasteiger partial charge in [-0.25, -0.2) is 0 Å². The molecule has 48 valence electrons. The summed E-state index contributed by atoms with van der Waals surface area (Å²) >= 11 is 1.93. The van der Waals surface area contributed by atoms with Gasteiger partial charge in [0, 0.05) is 5.25 Å². The van der Waals surface area contributed by atoms with E-state index in [9.17, 15) is 0 Å². The van der Waals surface area contributed by atoms with Crippen LogP contribution in [-0.4, -0.2) is 17.3 Å². The highest BCUT2D eigenvalue weighted by Crippen LogP contribution is 2.27. The van der Waals surface area contributed by atoms with E-state index < -0.39 is 0 Å². The molecule has 1 saturated heterocycles. The first kappa shape index (κ1) is 6.43. The van der Waals surface area contributed by atoms with Crippen LogP contribution in [0.3, 0.4) is 0 Å². The Morgan fingerprint density at radius 1 is 1.75 bits per heavy atom. The van der Waals surface area contributed by atoms with Crippen molar-refractivity contribution in [2.24, 2.45) is 0 Å². The Morgan fingerprint density at radius 3 is 2.75 bits per heavy atom. The Bertz CT molecular complexity index is 74.9. The van der Waals surface area contributed by atoms with Gasteiger partial charge in [-0.1, -0.05) is 6.92 Å². The van der Waals surface area contributed by atoms with E-state index in [4.69, 9.17) is 4.74 Å². The third kappa shape index (κ3) is 1.17. The van der Waals surface area contributed by atoms with E-state index in [1.807, 2.05) is 11.8 Å². The normalized spacial score (nSPS) is 38.2. The zero-order valence-electron chi connectivity index (χ0n) is 5.39. The van der Waals surface area contributed by atoms with E-state index >= 15 is 0 Å². The molecule has 1 fully saturated rings. The van der Waals surface area contributed by atoms with Gasteiger partial charge in [0.05, 0.1) is 12.0 Å².